The molecule has 1 heterocycles. The molecular formula is C17H21FN2. The number of rotatable bonds is 4. The number of hydrogen-bond donors (Lipinski definition) is 1. The van der Waals surface area contributed by atoms with E-state index in [9.17, 15) is 4.39 Å². The van der Waals surface area contributed by atoms with Crippen LogP contribution in [-0.2, 0) is 5.41 Å². The molecule has 20 heavy (non-hydrogen) atoms. The van der Waals surface area contributed by atoms with Crippen molar-refractivity contribution in [2.75, 3.05) is 7.05 Å². The fraction of sp³-hybridized carbons (Fsp3) is 0.353. The highest BCUT2D eigenvalue weighted by Crippen LogP contribution is 2.36. The van der Waals surface area contributed by atoms with Gasteiger partial charge in [0.15, 0.2) is 0 Å². The van der Waals surface area contributed by atoms with Gasteiger partial charge < -0.3 is 5.32 Å². The van der Waals surface area contributed by atoms with Crippen LogP contribution in [0.1, 0.15) is 36.7 Å². The summed E-state index contributed by atoms with van der Waals surface area (Å²) >= 11 is 0. The lowest BCUT2D eigenvalue weighted by Crippen LogP contribution is -2.35. The fourth-order valence-electron chi connectivity index (χ4n) is 2.64. The zero-order chi connectivity index (χ0) is 14.8. The molecule has 0 radical (unpaired) electrons. The van der Waals surface area contributed by atoms with Gasteiger partial charge in [0.2, 0.25) is 0 Å². The van der Waals surface area contributed by atoms with Crippen molar-refractivity contribution in [1.82, 2.24) is 10.3 Å². The van der Waals surface area contributed by atoms with E-state index in [1.807, 2.05) is 38.4 Å². The standard InChI is InChI=1S/C17H21FN2/c1-12-5-6-13(11-20-12)16(19-4)17(2,3)14-7-9-15(18)10-8-14/h5-11,16,19H,1-4H3. The molecule has 0 aliphatic carbocycles. The van der Waals surface area contributed by atoms with E-state index in [4.69, 9.17) is 0 Å². The summed E-state index contributed by atoms with van der Waals surface area (Å²) < 4.78 is 13.1. The molecule has 0 amide bonds. The van der Waals surface area contributed by atoms with Gasteiger partial charge in [0.05, 0.1) is 0 Å². The van der Waals surface area contributed by atoms with Crippen LogP contribution < -0.4 is 5.32 Å². The fourth-order valence-corrected chi connectivity index (χ4v) is 2.64. The summed E-state index contributed by atoms with van der Waals surface area (Å²) in [5.74, 6) is -0.206. The predicted molar refractivity (Wildman–Crippen MR) is 80.2 cm³/mol. The summed E-state index contributed by atoms with van der Waals surface area (Å²) in [4.78, 5) is 4.37. The molecule has 1 unspecified atom stereocenters. The van der Waals surface area contributed by atoms with Crippen LogP contribution >= 0.6 is 0 Å². The van der Waals surface area contributed by atoms with Gasteiger partial charge in [-0.1, -0.05) is 32.0 Å². The van der Waals surface area contributed by atoms with E-state index in [1.54, 1.807) is 0 Å². The topological polar surface area (TPSA) is 24.9 Å². The number of nitrogens with zero attached hydrogens (tertiary/aromatic N) is 1. The first-order chi connectivity index (χ1) is 9.45. The molecule has 106 valence electrons. The number of benzene rings is 1. The van der Waals surface area contributed by atoms with E-state index in [2.05, 4.69) is 30.2 Å². The molecule has 0 spiro atoms. The third-order valence-corrected chi connectivity index (χ3v) is 3.87. The second-order valence-corrected chi connectivity index (χ2v) is 5.68. The molecule has 1 aromatic heterocycles. The lowest BCUT2D eigenvalue weighted by molar-refractivity contribution is 0.367. The molecule has 0 aliphatic heterocycles. The van der Waals surface area contributed by atoms with E-state index in [1.165, 1.54) is 12.1 Å². The minimum atomic E-state index is -0.206. The highest BCUT2D eigenvalue weighted by Gasteiger charge is 2.31. The van der Waals surface area contributed by atoms with Crippen molar-refractivity contribution in [2.45, 2.75) is 32.2 Å². The number of aryl methyl sites for hydroxylation is 1. The van der Waals surface area contributed by atoms with Gasteiger partial charge >= 0.3 is 0 Å². The molecule has 2 nitrogen and oxygen atoms in total. The summed E-state index contributed by atoms with van der Waals surface area (Å²) in [6.07, 6.45) is 1.90. The largest absolute Gasteiger partial charge is 0.312 e. The number of hydrogen-bond acceptors (Lipinski definition) is 2. The molecule has 0 saturated carbocycles. The van der Waals surface area contributed by atoms with Crippen LogP contribution in [0.25, 0.3) is 0 Å². The Morgan fingerprint density at radius 1 is 1.10 bits per heavy atom. The monoisotopic (exact) mass is 272 g/mol. The van der Waals surface area contributed by atoms with Gasteiger partial charge in [0, 0.05) is 23.3 Å². The maximum absolute atomic E-state index is 13.1. The van der Waals surface area contributed by atoms with Crippen molar-refractivity contribution in [2.24, 2.45) is 0 Å². The minimum Gasteiger partial charge on any atom is -0.312 e. The second kappa shape index (κ2) is 5.71. The summed E-state index contributed by atoms with van der Waals surface area (Å²) in [5, 5.41) is 3.36. The molecule has 0 bridgehead atoms. The van der Waals surface area contributed by atoms with Gasteiger partial charge in [0.25, 0.3) is 0 Å². The number of halogens is 1. The average Bonchev–Trinajstić information content (AvgIpc) is 2.42. The van der Waals surface area contributed by atoms with Gasteiger partial charge in [-0.25, -0.2) is 4.39 Å². The molecule has 0 saturated heterocycles. The number of aromatic nitrogens is 1. The van der Waals surface area contributed by atoms with Crippen molar-refractivity contribution >= 4 is 0 Å². The Kier molecular flexibility index (Phi) is 4.19. The van der Waals surface area contributed by atoms with Gasteiger partial charge in [-0.3, -0.25) is 4.98 Å². The molecule has 1 N–H and O–H groups in total. The molecule has 1 atom stereocenters. The number of likely N-dealkylation sites (N-methyl/N-ethyl adjacent to an activating group) is 1. The molecule has 0 aliphatic rings. The molecule has 2 rings (SSSR count). The Bertz CT molecular complexity index is 559. The van der Waals surface area contributed by atoms with Crippen LogP contribution in [-0.4, -0.2) is 12.0 Å². The number of nitrogens with one attached hydrogen (secondary N) is 1. The van der Waals surface area contributed by atoms with Crippen LogP contribution in [0.5, 0.6) is 0 Å². The summed E-state index contributed by atoms with van der Waals surface area (Å²) in [6.45, 7) is 6.28. The molecule has 0 fully saturated rings. The van der Waals surface area contributed by atoms with Crippen molar-refractivity contribution < 1.29 is 4.39 Å². The maximum Gasteiger partial charge on any atom is 0.123 e. The second-order valence-electron chi connectivity index (χ2n) is 5.68. The summed E-state index contributed by atoms with van der Waals surface area (Å²) in [5.41, 5.74) is 3.06. The van der Waals surface area contributed by atoms with E-state index in [0.29, 0.717) is 0 Å². The molecule has 3 heteroatoms. The highest BCUT2D eigenvalue weighted by molar-refractivity contribution is 5.31. The zero-order valence-electron chi connectivity index (χ0n) is 12.4. The van der Waals surface area contributed by atoms with Crippen LogP contribution in [0.4, 0.5) is 4.39 Å². The normalized spacial score (nSPS) is 13.2. The third-order valence-electron chi connectivity index (χ3n) is 3.87. The van der Waals surface area contributed by atoms with Gasteiger partial charge in [-0.05, 0) is 43.3 Å². The van der Waals surface area contributed by atoms with Gasteiger partial charge in [-0.2, -0.15) is 0 Å². The Hall–Kier alpha value is -1.74. The average molecular weight is 272 g/mol. The first kappa shape index (κ1) is 14.7. The van der Waals surface area contributed by atoms with Crippen molar-refractivity contribution in [1.29, 1.82) is 0 Å². The van der Waals surface area contributed by atoms with E-state index in [0.717, 1.165) is 16.8 Å². The van der Waals surface area contributed by atoms with Crippen molar-refractivity contribution in [3.05, 3.63) is 65.2 Å². The first-order valence-electron chi connectivity index (χ1n) is 6.81. The third kappa shape index (κ3) is 2.88. The van der Waals surface area contributed by atoms with Crippen LogP contribution in [0, 0.1) is 12.7 Å². The summed E-state index contributed by atoms with van der Waals surface area (Å²) in [7, 11) is 1.94. The Labute approximate surface area is 120 Å². The van der Waals surface area contributed by atoms with E-state index in [-0.39, 0.29) is 17.3 Å². The molecule has 1 aromatic carbocycles. The molecule has 2 aromatic rings. The van der Waals surface area contributed by atoms with Crippen LogP contribution in [0.2, 0.25) is 0 Å². The highest BCUT2D eigenvalue weighted by atomic mass is 19.1. The Morgan fingerprint density at radius 3 is 2.25 bits per heavy atom. The van der Waals surface area contributed by atoms with E-state index >= 15 is 0 Å². The van der Waals surface area contributed by atoms with Gasteiger partial charge in [0.1, 0.15) is 5.82 Å². The molecular weight excluding hydrogens is 251 g/mol. The van der Waals surface area contributed by atoms with E-state index < -0.39 is 0 Å². The maximum atomic E-state index is 13.1. The summed E-state index contributed by atoms with van der Waals surface area (Å²) in [6, 6.07) is 10.9. The number of pyridine rings is 1. The first-order valence-corrected chi connectivity index (χ1v) is 6.81. The SMILES string of the molecule is CNC(c1ccc(C)nc1)C(C)(C)c1ccc(F)cc1. The van der Waals surface area contributed by atoms with Crippen LogP contribution in [0.3, 0.4) is 0 Å². The smallest absolute Gasteiger partial charge is 0.123 e. The lowest BCUT2D eigenvalue weighted by Gasteiger charge is -2.35. The lowest BCUT2D eigenvalue weighted by atomic mass is 9.75. The van der Waals surface area contributed by atoms with Crippen molar-refractivity contribution in [3.63, 3.8) is 0 Å². The Balaban J connectivity index is 2.38. The van der Waals surface area contributed by atoms with Gasteiger partial charge in [-0.15, -0.1) is 0 Å². The quantitative estimate of drug-likeness (QED) is 0.916. The van der Waals surface area contributed by atoms with Crippen molar-refractivity contribution in [3.8, 4) is 0 Å². The van der Waals surface area contributed by atoms with Crippen LogP contribution in [0.15, 0.2) is 42.6 Å². The Morgan fingerprint density at radius 2 is 1.75 bits per heavy atom. The zero-order valence-corrected chi connectivity index (χ0v) is 12.4. The minimum absolute atomic E-state index is 0.112. The predicted octanol–water partition coefficient (Wildman–Crippen LogP) is 3.77.